The summed E-state index contributed by atoms with van der Waals surface area (Å²) >= 11 is 5.25. The molecule has 5 nitrogen and oxygen atoms in total. The molecule has 7 heteroatoms. The molecule has 0 saturated carbocycles. The highest BCUT2D eigenvalue weighted by Crippen LogP contribution is 2.32. The molecule has 0 aliphatic carbocycles. The van der Waals surface area contributed by atoms with Crippen molar-refractivity contribution < 1.29 is 14.2 Å². The van der Waals surface area contributed by atoms with Crippen molar-refractivity contribution in [3.05, 3.63) is 86.9 Å². The third-order valence-corrected chi connectivity index (χ3v) is 6.78. The average Bonchev–Trinajstić information content (AvgIpc) is 3.25. The van der Waals surface area contributed by atoms with Crippen LogP contribution in [0.25, 0.3) is 11.3 Å². The van der Waals surface area contributed by atoms with Crippen molar-refractivity contribution in [1.29, 1.82) is 0 Å². The quantitative estimate of drug-likeness (QED) is 0.265. The van der Waals surface area contributed by atoms with Gasteiger partial charge in [0.1, 0.15) is 5.75 Å². The smallest absolute Gasteiger partial charge is 0.190 e. The normalized spacial score (nSPS) is 11.5. The fourth-order valence-corrected chi connectivity index (χ4v) is 5.08. The maximum absolute atomic E-state index is 5.48. The molecule has 33 heavy (non-hydrogen) atoms. The zero-order valence-electron chi connectivity index (χ0n) is 18.7. The Morgan fingerprint density at radius 3 is 2.27 bits per heavy atom. The Labute approximate surface area is 206 Å². The zero-order chi connectivity index (χ0) is 23.2. The Morgan fingerprint density at radius 1 is 0.848 bits per heavy atom. The van der Waals surface area contributed by atoms with Crippen molar-refractivity contribution in [1.82, 2.24) is 4.57 Å². The van der Waals surface area contributed by atoms with Crippen LogP contribution in [0, 0.1) is 0 Å². The van der Waals surface area contributed by atoms with Gasteiger partial charge in [-0.15, -0.1) is 11.3 Å². The summed E-state index contributed by atoms with van der Waals surface area (Å²) in [5.41, 5.74) is 4.31. The van der Waals surface area contributed by atoms with Gasteiger partial charge in [0.15, 0.2) is 16.3 Å². The molecule has 1 aromatic heterocycles. The molecule has 0 atom stereocenters. The number of ether oxygens (including phenoxy) is 3. The molecule has 0 radical (unpaired) electrons. The highest BCUT2D eigenvalue weighted by atomic mass is 79.9. The highest BCUT2D eigenvalue weighted by Gasteiger charge is 2.12. The van der Waals surface area contributed by atoms with E-state index in [0.29, 0.717) is 0 Å². The van der Waals surface area contributed by atoms with E-state index in [9.17, 15) is 0 Å². The van der Waals surface area contributed by atoms with Gasteiger partial charge in [0.2, 0.25) is 0 Å². The number of rotatable bonds is 8. The molecule has 0 fully saturated rings. The highest BCUT2D eigenvalue weighted by molar-refractivity contribution is 9.10. The first kappa shape index (κ1) is 23.1. The number of methoxy groups -OCH3 is 3. The molecule has 1 heterocycles. The van der Waals surface area contributed by atoms with E-state index in [1.165, 1.54) is 5.56 Å². The molecule has 4 aromatic rings. The van der Waals surface area contributed by atoms with Crippen LogP contribution in [0.3, 0.4) is 0 Å². The third kappa shape index (κ3) is 5.31. The van der Waals surface area contributed by atoms with Crippen LogP contribution < -0.4 is 19.0 Å². The van der Waals surface area contributed by atoms with E-state index in [2.05, 4.69) is 44.1 Å². The summed E-state index contributed by atoms with van der Waals surface area (Å²) in [5.74, 6) is 2.27. The lowest BCUT2D eigenvalue weighted by atomic mass is 10.1. The molecule has 3 aromatic carbocycles. The van der Waals surface area contributed by atoms with E-state index in [0.717, 1.165) is 56.4 Å². The topological polar surface area (TPSA) is 45.0 Å². The van der Waals surface area contributed by atoms with Gasteiger partial charge < -0.3 is 18.8 Å². The summed E-state index contributed by atoms with van der Waals surface area (Å²) in [5, 5.41) is 2.16. The number of halogens is 1. The predicted molar refractivity (Wildman–Crippen MR) is 137 cm³/mol. The maximum Gasteiger partial charge on any atom is 0.190 e. The van der Waals surface area contributed by atoms with Gasteiger partial charge in [-0.2, -0.15) is 0 Å². The Balaban J connectivity index is 1.73. The summed E-state index contributed by atoms with van der Waals surface area (Å²) in [6.07, 6.45) is 0.823. The van der Waals surface area contributed by atoms with E-state index >= 15 is 0 Å². The van der Waals surface area contributed by atoms with Crippen molar-refractivity contribution in [2.75, 3.05) is 21.3 Å². The average molecular weight is 525 g/mol. The molecule has 0 aliphatic heterocycles. The molecule has 0 spiro atoms. The molecule has 4 rings (SSSR count). The van der Waals surface area contributed by atoms with Crippen LogP contribution >= 0.6 is 27.3 Å². The van der Waals surface area contributed by atoms with Gasteiger partial charge in [0, 0.05) is 17.5 Å². The van der Waals surface area contributed by atoms with Gasteiger partial charge >= 0.3 is 0 Å². The van der Waals surface area contributed by atoms with Crippen molar-refractivity contribution in [2.45, 2.75) is 13.0 Å². The standard InChI is InChI=1S/C26H25BrN2O3S/c1-30-23-12-10-19(16-21(23)27)22-17-33-26(28-20-7-5-4-6-8-20)29(22)14-13-18-9-11-24(31-2)25(15-18)32-3/h4-12,15-17H,13-14H2,1-3H3. The Morgan fingerprint density at radius 2 is 1.58 bits per heavy atom. The van der Waals surface area contributed by atoms with E-state index in [-0.39, 0.29) is 0 Å². The first-order valence-corrected chi connectivity index (χ1v) is 12.1. The number of hydrogen-bond acceptors (Lipinski definition) is 5. The fraction of sp³-hybridized carbons (Fsp3) is 0.192. The van der Waals surface area contributed by atoms with Gasteiger partial charge in [-0.1, -0.05) is 24.3 Å². The number of thiazole rings is 1. The summed E-state index contributed by atoms with van der Waals surface area (Å²) in [6.45, 7) is 0.767. The second-order valence-corrected chi connectivity index (χ2v) is 8.98. The van der Waals surface area contributed by atoms with Crippen LogP contribution in [0.5, 0.6) is 17.2 Å². The van der Waals surface area contributed by atoms with E-state index in [1.807, 2.05) is 48.5 Å². The minimum atomic E-state index is 0.730. The Hall–Kier alpha value is -3.03. The second kappa shape index (κ2) is 10.7. The number of hydrogen-bond donors (Lipinski definition) is 0. The molecule has 0 aliphatic rings. The van der Waals surface area contributed by atoms with Crippen LogP contribution in [0.15, 0.2) is 81.6 Å². The van der Waals surface area contributed by atoms with Crippen molar-refractivity contribution in [3.63, 3.8) is 0 Å². The van der Waals surface area contributed by atoms with Crippen molar-refractivity contribution in [3.8, 4) is 28.5 Å². The molecule has 0 N–H and O–H groups in total. The summed E-state index contributed by atoms with van der Waals surface area (Å²) < 4.78 is 19.4. The fourth-order valence-electron chi connectivity index (χ4n) is 3.58. The van der Waals surface area contributed by atoms with E-state index in [4.69, 9.17) is 19.2 Å². The number of para-hydroxylation sites is 1. The van der Waals surface area contributed by atoms with Gasteiger partial charge in [-0.05, 0) is 70.4 Å². The summed E-state index contributed by atoms with van der Waals surface area (Å²) in [6, 6.07) is 22.2. The molecule has 0 amide bonds. The predicted octanol–water partition coefficient (Wildman–Crippen LogP) is 6.48. The van der Waals surface area contributed by atoms with E-state index < -0.39 is 0 Å². The third-order valence-electron chi connectivity index (χ3n) is 5.30. The first-order valence-electron chi connectivity index (χ1n) is 10.5. The van der Waals surface area contributed by atoms with E-state index in [1.54, 1.807) is 32.7 Å². The molecular weight excluding hydrogens is 500 g/mol. The number of aromatic nitrogens is 1. The number of nitrogens with zero attached hydrogens (tertiary/aromatic N) is 2. The lowest BCUT2D eigenvalue weighted by molar-refractivity contribution is 0.354. The molecule has 0 unspecified atom stereocenters. The number of benzene rings is 3. The van der Waals surface area contributed by atoms with Crippen molar-refractivity contribution in [2.24, 2.45) is 4.99 Å². The van der Waals surface area contributed by atoms with Crippen LogP contribution in [-0.4, -0.2) is 25.9 Å². The van der Waals surface area contributed by atoms with Gasteiger partial charge in [0.05, 0.1) is 37.2 Å². The largest absolute Gasteiger partial charge is 0.496 e. The molecule has 0 saturated heterocycles. The maximum atomic E-state index is 5.48. The summed E-state index contributed by atoms with van der Waals surface area (Å²) in [7, 11) is 4.98. The SMILES string of the molecule is COc1ccc(-c2csc(=Nc3ccccc3)n2CCc2ccc(OC)c(OC)c2)cc1Br. The first-order chi connectivity index (χ1) is 16.1. The van der Waals surface area contributed by atoms with Crippen LogP contribution in [-0.2, 0) is 13.0 Å². The van der Waals surface area contributed by atoms with Gasteiger partial charge in [0.25, 0.3) is 0 Å². The zero-order valence-corrected chi connectivity index (χ0v) is 21.2. The van der Waals surface area contributed by atoms with Gasteiger partial charge in [-0.3, -0.25) is 0 Å². The van der Waals surface area contributed by atoms with Crippen LogP contribution in [0.4, 0.5) is 5.69 Å². The monoisotopic (exact) mass is 524 g/mol. The lowest BCUT2D eigenvalue weighted by Crippen LogP contribution is -2.17. The molecule has 170 valence electrons. The van der Waals surface area contributed by atoms with Gasteiger partial charge in [-0.25, -0.2) is 4.99 Å². The molecule has 0 bridgehead atoms. The van der Waals surface area contributed by atoms with Crippen LogP contribution in [0.1, 0.15) is 5.56 Å². The second-order valence-electron chi connectivity index (χ2n) is 7.29. The molecular formula is C26H25BrN2O3S. The lowest BCUT2D eigenvalue weighted by Gasteiger charge is -2.13. The van der Waals surface area contributed by atoms with Crippen molar-refractivity contribution >= 4 is 33.0 Å². The Bertz CT molecular complexity index is 1300. The summed E-state index contributed by atoms with van der Waals surface area (Å²) in [4.78, 5) is 5.86. The minimum absolute atomic E-state index is 0.730. The minimum Gasteiger partial charge on any atom is -0.496 e. The Kier molecular flexibility index (Phi) is 7.52. The van der Waals surface area contributed by atoms with Crippen LogP contribution in [0.2, 0.25) is 0 Å². The number of aryl methyl sites for hydroxylation is 1.